The van der Waals surface area contributed by atoms with E-state index in [0.29, 0.717) is 26.2 Å². The molecule has 2 saturated heterocycles. The molecular weight excluding hydrogens is 414 g/mol. The lowest BCUT2D eigenvalue weighted by atomic mass is 9.87. The van der Waals surface area contributed by atoms with Gasteiger partial charge in [0.05, 0.1) is 12.6 Å². The van der Waals surface area contributed by atoms with Crippen LogP contribution in [0.2, 0.25) is 0 Å². The number of nitrogens with zero attached hydrogens (tertiary/aromatic N) is 7. The maximum atomic E-state index is 13.0. The molecule has 3 heterocycles. The minimum absolute atomic E-state index is 0.000475. The quantitative estimate of drug-likeness (QED) is 0.636. The Bertz CT molecular complexity index is 934. The number of likely N-dealkylation sites (N-methyl/N-ethyl adjacent to an activating group) is 1. The molecule has 11 heteroatoms. The standard InChI is InChI=1S/C20H27N7O2.CH2O2/c1-14-6-4-5-7-16(14)20-17-10-25(18(28)12-26-13-21-22-23-26)8-15(17)9-27(20)19(29)11-24(2)3;2-1-3/h4-7,13,15,17,20H,8-12H2,1-3H3;1H,(H,2,3)/t15-,17-,20+;/m1./s1. The van der Waals surface area contributed by atoms with Gasteiger partial charge in [0.25, 0.3) is 6.47 Å². The van der Waals surface area contributed by atoms with Gasteiger partial charge in [0.2, 0.25) is 11.8 Å². The summed E-state index contributed by atoms with van der Waals surface area (Å²) in [6.45, 7) is 4.38. The van der Waals surface area contributed by atoms with Gasteiger partial charge in [0, 0.05) is 31.5 Å². The van der Waals surface area contributed by atoms with Crippen molar-refractivity contribution in [2.45, 2.75) is 19.5 Å². The van der Waals surface area contributed by atoms with E-state index in [1.165, 1.54) is 22.1 Å². The average molecular weight is 444 g/mol. The van der Waals surface area contributed by atoms with Crippen LogP contribution in [0, 0.1) is 18.8 Å². The van der Waals surface area contributed by atoms with Gasteiger partial charge in [-0.2, -0.15) is 0 Å². The van der Waals surface area contributed by atoms with Crippen molar-refractivity contribution in [3.8, 4) is 0 Å². The lowest BCUT2D eigenvalue weighted by molar-refractivity contribution is -0.134. The Hall–Kier alpha value is -3.34. The van der Waals surface area contributed by atoms with Crippen molar-refractivity contribution < 1.29 is 19.5 Å². The van der Waals surface area contributed by atoms with E-state index in [2.05, 4.69) is 34.6 Å². The minimum atomic E-state index is -0.250. The molecule has 0 spiro atoms. The van der Waals surface area contributed by atoms with Gasteiger partial charge in [-0.05, 0) is 42.6 Å². The van der Waals surface area contributed by atoms with Crippen LogP contribution in [-0.2, 0) is 20.9 Å². The predicted molar refractivity (Wildman–Crippen MR) is 114 cm³/mol. The minimum Gasteiger partial charge on any atom is -0.483 e. The lowest BCUT2D eigenvalue weighted by Crippen LogP contribution is -2.41. The molecule has 0 radical (unpaired) electrons. The summed E-state index contributed by atoms with van der Waals surface area (Å²) in [7, 11) is 3.83. The van der Waals surface area contributed by atoms with Crippen LogP contribution in [-0.4, -0.2) is 98.6 Å². The first kappa shape index (κ1) is 23.3. The third kappa shape index (κ3) is 5.10. The first-order valence-corrected chi connectivity index (χ1v) is 10.4. The highest BCUT2D eigenvalue weighted by molar-refractivity contribution is 5.80. The SMILES string of the molecule is Cc1ccccc1[C@H]1[C@@H]2CN(C(=O)Cn3cnnn3)C[C@@H]2CN1C(=O)CN(C)C.O=CO. The summed E-state index contributed by atoms with van der Waals surface area (Å²) < 4.78 is 1.45. The Morgan fingerprint density at radius 3 is 2.53 bits per heavy atom. The van der Waals surface area contributed by atoms with E-state index in [4.69, 9.17) is 9.90 Å². The van der Waals surface area contributed by atoms with Crippen molar-refractivity contribution in [1.82, 2.24) is 34.9 Å². The predicted octanol–water partition coefficient (Wildman–Crippen LogP) is -0.0980. The van der Waals surface area contributed by atoms with Crippen molar-refractivity contribution >= 4 is 18.3 Å². The van der Waals surface area contributed by atoms with Gasteiger partial charge in [-0.3, -0.25) is 14.4 Å². The number of likely N-dealkylation sites (tertiary alicyclic amines) is 2. The smallest absolute Gasteiger partial charge is 0.290 e. The second-order valence-electron chi connectivity index (χ2n) is 8.42. The lowest BCUT2D eigenvalue weighted by Gasteiger charge is -2.31. The molecule has 2 aliphatic rings. The molecule has 2 aromatic rings. The summed E-state index contributed by atoms with van der Waals surface area (Å²) in [6, 6.07) is 8.25. The molecule has 0 aliphatic carbocycles. The van der Waals surface area contributed by atoms with Crippen LogP contribution < -0.4 is 0 Å². The Morgan fingerprint density at radius 1 is 1.19 bits per heavy atom. The molecule has 0 saturated carbocycles. The highest BCUT2D eigenvalue weighted by Crippen LogP contribution is 2.45. The van der Waals surface area contributed by atoms with Crippen molar-refractivity contribution in [1.29, 1.82) is 0 Å². The third-order valence-electron chi connectivity index (χ3n) is 5.98. The molecule has 1 aromatic carbocycles. The molecule has 1 N–H and O–H groups in total. The van der Waals surface area contributed by atoms with E-state index in [0.717, 1.165) is 0 Å². The number of aryl methyl sites for hydroxylation is 1. The summed E-state index contributed by atoms with van der Waals surface area (Å²) in [4.78, 5) is 39.9. The number of fused-ring (bicyclic) bond motifs is 1. The molecule has 11 nitrogen and oxygen atoms in total. The Morgan fingerprint density at radius 2 is 1.91 bits per heavy atom. The summed E-state index contributed by atoms with van der Waals surface area (Å²) >= 11 is 0. The highest BCUT2D eigenvalue weighted by atomic mass is 16.3. The number of amides is 2. The third-order valence-corrected chi connectivity index (χ3v) is 5.98. The number of benzene rings is 1. The van der Waals surface area contributed by atoms with Crippen LogP contribution in [0.3, 0.4) is 0 Å². The van der Waals surface area contributed by atoms with E-state index >= 15 is 0 Å². The molecule has 0 bridgehead atoms. The fourth-order valence-electron chi connectivity index (χ4n) is 4.68. The zero-order valence-electron chi connectivity index (χ0n) is 18.5. The highest BCUT2D eigenvalue weighted by Gasteiger charge is 2.50. The van der Waals surface area contributed by atoms with Crippen LogP contribution in [0.4, 0.5) is 0 Å². The molecular formula is C21H29N7O4. The van der Waals surface area contributed by atoms with Gasteiger partial charge < -0.3 is 19.8 Å². The maximum absolute atomic E-state index is 13.0. The second-order valence-corrected chi connectivity index (χ2v) is 8.42. The monoisotopic (exact) mass is 443 g/mol. The number of hydrogen-bond donors (Lipinski definition) is 1. The molecule has 3 atom stereocenters. The number of carboxylic acid groups (broad SMARTS) is 1. The van der Waals surface area contributed by atoms with Crippen LogP contribution >= 0.6 is 0 Å². The first-order valence-electron chi connectivity index (χ1n) is 10.4. The zero-order chi connectivity index (χ0) is 23.3. The molecule has 2 amide bonds. The zero-order valence-corrected chi connectivity index (χ0v) is 18.5. The summed E-state index contributed by atoms with van der Waals surface area (Å²) in [5.41, 5.74) is 2.36. The fourth-order valence-corrected chi connectivity index (χ4v) is 4.68. The molecule has 2 aliphatic heterocycles. The van der Waals surface area contributed by atoms with Gasteiger partial charge in [0.15, 0.2) is 0 Å². The molecule has 1 aromatic heterocycles. The normalized spacial score (nSPS) is 21.8. The van der Waals surface area contributed by atoms with Crippen molar-refractivity contribution in [2.24, 2.45) is 11.8 Å². The number of tetrazole rings is 1. The van der Waals surface area contributed by atoms with E-state index in [-0.39, 0.29) is 42.7 Å². The first-order chi connectivity index (χ1) is 15.3. The average Bonchev–Trinajstić information content (AvgIpc) is 3.44. The number of rotatable bonds is 5. The van der Waals surface area contributed by atoms with Gasteiger partial charge >= 0.3 is 0 Å². The number of carbonyl (C=O) groups excluding carboxylic acids is 2. The van der Waals surface area contributed by atoms with Crippen LogP contribution in [0.1, 0.15) is 17.2 Å². The Balaban J connectivity index is 0.000000913. The van der Waals surface area contributed by atoms with Crippen LogP contribution in [0.15, 0.2) is 30.6 Å². The van der Waals surface area contributed by atoms with Crippen molar-refractivity contribution in [3.05, 3.63) is 41.7 Å². The van der Waals surface area contributed by atoms with E-state index in [9.17, 15) is 9.59 Å². The largest absolute Gasteiger partial charge is 0.483 e. The van der Waals surface area contributed by atoms with Gasteiger partial charge in [-0.15, -0.1) is 5.10 Å². The van der Waals surface area contributed by atoms with E-state index in [1.54, 1.807) is 0 Å². The van der Waals surface area contributed by atoms with Crippen molar-refractivity contribution in [2.75, 3.05) is 40.3 Å². The Labute approximate surface area is 186 Å². The number of carbonyl (C=O) groups is 3. The van der Waals surface area contributed by atoms with E-state index in [1.807, 2.05) is 40.9 Å². The summed E-state index contributed by atoms with van der Waals surface area (Å²) in [5.74, 6) is 0.675. The number of aromatic nitrogens is 4. The van der Waals surface area contributed by atoms with Crippen LogP contribution in [0.25, 0.3) is 0 Å². The molecule has 172 valence electrons. The van der Waals surface area contributed by atoms with Gasteiger partial charge in [-0.1, -0.05) is 24.3 Å². The maximum Gasteiger partial charge on any atom is 0.290 e. The fraction of sp³-hybridized carbons (Fsp3) is 0.524. The second kappa shape index (κ2) is 10.3. The Kier molecular flexibility index (Phi) is 7.52. The summed E-state index contributed by atoms with van der Waals surface area (Å²) in [6.07, 6.45) is 1.45. The summed E-state index contributed by atoms with van der Waals surface area (Å²) in [5, 5.41) is 17.9. The van der Waals surface area contributed by atoms with Gasteiger partial charge in [0.1, 0.15) is 12.9 Å². The molecule has 0 unspecified atom stereocenters. The molecule has 2 fully saturated rings. The molecule has 4 rings (SSSR count). The number of hydrogen-bond acceptors (Lipinski definition) is 7. The van der Waals surface area contributed by atoms with Crippen LogP contribution in [0.5, 0.6) is 0 Å². The van der Waals surface area contributed by atoms with Gasteiger partial charge in [-0.25, -0.2) is 4.68 Å². The van der Waals surface area contributed by atoms with Crippen molar-refractivity contribution in [3.63, 3.8) is 0 Å². The topological polar surface area (TPSA) is 125 Å². The van der Waals surface area contributed by atoms with E-state index < -0.39 is 0 Å². The molecule has 32 heavy (non-hydrogen) atoms.